The predicted octanol–water partition coefficient (Wildman–Crippen LogP) is 3.56. The molecule has 5 heteroatoms. The molecule has 2 aliphatic heterocycles. The van der Waals surface area contributed by atoms with E-state index in [0.29, 0.717) is 18.8 Å². The topological polar surface area (TPSA) is 53.0 Å². The van der Waals surface area contributed by atoms with Crippen molar-refractivity contribution in [2.45, 2.75) is 44.3 Å². The number of piperidine rings is 1. The van der Waals surface area contributed by atoms with Crippen molar-refractivity contribution in [3.8, 4) is 11.5 Å². The van der Waals surface area contributed by atoms with Gasteiger partial charge in [-0.25, -0.2) is 0 Å². The van der Waals surface area contributed by atoms with Gasteiger partial charge in [-0.15, -0.1) is 0 Å². The SMILES string of the molecule is COc1ccc(CN2CCCC23CCCN(Cc2ccccc2)C3=O)cc1O. The van der Waals surface area contributed by atoms with Crippen LogP contribution in [0.2, 0.25) is 0 Å². The number of phenolic OH excluding ortho intramolecular Hbond substituents is 1. The van der Waals surface area contributed by atoms with E-state index in [1.165, 1.54) is 5.56 Å². The van der Waals surface area contributed by atoms with E-state index in [1.54, 1.807) is 19.2 Å². The van der Waals surface area contributed by atoms with Crippen LogP contribution in [0, 0.1) is 0 Å². The van der Waals surface area contributed by atoms with Crippen LogP contribution >= 0.6 is 0 Å². The van der Waals surface area contributed by atoms with E-state index in [0.717, 1.165) is 44.3 Å². The number of carbonyl (C=O) groups is 1. The highest BCUT2D eigenvalue weighted by Gasteiger charge is 2.50. The summed E-state index contributed by atoms with van der Waals surface area (Å²) >= 11 is 0. The molecular weight excluding hydrogens is 352 g/mol. The molecule has 1 amide bonds. The monoisotopic (exact) mass is 380 g/mol. The zero-order chi connectivity index (χ0) is 19.6. The second-order valence-corrected chi connectivity index (χ2v) is 7.88. The van der Waals surface area contributed by atoms with Gasteiger partial charge in [0.15, 0.2) is 11.5 Å². The second kappa shape index (κ2) is 7.84. The highest BCUT2D eigenvalue weighted by Crippen LogP contribution is 2.40. The van der Waals surface area contributed by atoms with Gasteiger partial charge in [0.25, 0.3) is 0 Å². The Hall–Kier alpha value is -2.53. The summed E-state index contributed by atoms with van der Waals surface area (Å²) in [5.41, 5.74) is 1.79. The van der Waals surface area contributed by atoms with Crippen molar-refractivity contribution in [3.63, 3.8) is 0 Å². The van der Waals surface area contributed by atoms with Crippen molar-refractivity contribution >= 4 is 5.91 Å². The number of rotatable bonds is 5. The molecule has 148 valence electrons. The Kier molecular flexibility index (Phi) is 5.27. The molecule has 1 N–H and O–H groups in total. The molecule has 0 aromatic heterocycles. The van der Waals surface area contributed by atoms with E-state index in [4.69, 9.17) is 4.74 Å². The summed E-state index contributed by atoms with van der Waals surface area (Å²) in [5.74, 6) is 0.884. The lowest BCUT2D eigenvalue weighted by Crippen LogP contribution is -2.59. The van der Waals surface area contributed by atoms with Gasteiger partial charge in [0.05, 0.1) is 7.11 Å². The minimum absolute atomic E-state index is 0.147. The standard InChI is InChI=1S/C23H28N2O3/c1-28-21-10-9-19(15-20(21)26)17-25-14-6-12-23(25)11-5-13-24(22(23)27)16-18-7-3-2-4-8-18/h2-4,7-10,15,26H,5-6,11-14,16-17H2,1H3. The number of ether oxygens (including phenoxy) is 1. The number of hydrogen-bond donors (Lipinski definition) is 1. The number of amides is 1. The average molecular weight is 380 g/mol. The number of aromatic hydroxyl groups is 1. The summed E-state index contributed by atoms with van der Waals surface area (Å²) in [4.78, 5) is 17.9. The first-order valence-corrected chi connectivity index (χ1v) is 10.1. The number of methoxy groups -OCH3 is 1. The highest BCUT2D eigenvalue weighted by atomic mass is 16.5. The Labute approximate surface area is 166 Å². The molecule has 0 radical (unpaired) electrons. The molecule has 2 aliphatic rings. The number of nitrogens with zero attached hydrogens (tertiary/aromatic N) is 2. The molecule has 0 saturated carbocycles. The van der Waals surface area contributed by atoms with E-state index in [9.17, 15) is 9.90 Å². The van der Waals surface area contributed by atoms with E-state index in [2.05, 4.69) is 17.0 Å². The van der Waals surface area contributed by atoms with Gasteiger partial charge in [0, 0.05) is 19.6 Å². The van der Waals surface area contributed by atoms with Gasteiger partial charge < -0.3 is 14.7 Å². The maximum Gasteiger partial charge on any atom is 0.243 e. The van der Waals surface area contributed by atoms with Crippen LogP contribution in [0.4, 0.5) is 0 Å². The first kappa shape index (κ1) is 18.8. The highest BCUT2D eigenvalue weighted by molar-refractivity contribution is 5.87. The molecule has 2 aromatic carbocycles. The van der Waals surface area contributed by atoms with Gasteiger partial charge in [-0.1, -0.05) is 36.4 Å². The zero-order valence-corrected chi connectivity index (χ0v) is 16.4. The van der Waals surface area contributed by atoms with Crippen LogP contribution in [-0.4, -0.2) is 46.6 Å². The average Bonchev–Trinajstić information content (AvgIpc) is 3.09. The maximum atomic E-state index is 13.5. The van der Waals surface area contributed by atoms with Gasteiger partial charge >= 0.3 is 0 Å². The quantitative estimate of drug-likeness (QED) is 0.862. The van der Waals surface area contributed by atoms with Crippen molar-refractivity contribution in [1.82, 2.24) is 9.80 Å². The Balaban J connectivity index is 1.53. The van der Waals surface area contributed by atoms with Crippen molar-refractivity contribution in [2.24, 2.45) is 0 Å². The summed E-state index contributed by atoms with van der Waals surface area (Å²) in [5, 5.41) is 10.1. The minimum atomic E-state index is -0.400. The summed E-state index contributed by atoms with van der Waals surface area (Å²) in [6.07, 6.45) is 3.90. The zero-order valence-electron chi connectivity index (χ0n) is 16.4. The molecule has 0 bridgehead atoms. The summed E-state index contributed by atoms with van der Waals surface area (Å²) < 4.78 is 5.14. The molecule has 2 saturated heterocycles. The van der Waals surface area contributed by atoms with E-state index >= 15 is 0 Å². The first-order valence-electron chi connectivity index (χ1n) is 10.1. The third kappa shape index (κ3) is 3.47. The lowest BCUT2D eigenvalue weighted by atomic mass is 9.85. The molecular formula is C23H28N2O3. The molecule has 2 aromatic rings. The largest absolute Gasteiger partial charge is 0.504 e. The molecule has 1 unspecified atom stereocenters. The van der Waals surface area contributed by atoms with Crippen molar-refractivity contribution in [3.05, 3.63) is 59.7 Å². The molecule has 1 atom stereocenters. The van der Waals surface area contributed by atoms with Gasteiger partial charge in [-0.2, -0.15) is 0 Å². The number of phenols is 1. The smallest absolute Gasteiger partial charge is 0.243 e. The van der Waals surface area contributed by atoms with Gasteiger partial charge in [0.1, 0.15) is 5.54 Å². The fraction of sp³-hybridized carbons (Fsp3) is 0.435. The third-order valence-corrected chi connectivity index (χ3v) is 6.16. The van der Waals surface area contributed by atoms with Crippen molar-refractivity contribution < 1.29 is 14.6 Å². The Morgan fingerprint density at radius 2 is 1.75 bits per heavy atom. The molecule has 0 aliphatic carbocycles. The number of carbonyl (C=O) groups excluding carboxylic acids is 1. The maximum absolute atomic E-state index is 13.5. The number of benzene rings is 2. The van der Waals surface area contributed by atoms with Gasteiger partial charge in [-0.05, 0) is 55.5 Å². The fourth-order valence-electron chi connectivity index (χ4n) is 4.76. The number of hydrogen-bond acceptors (Lipinski definition) is 4. The molecule has 4 rings (SSSR count). The predicted molar refractivity (Wildman–Crippen MR) is 108 cm³/mol. The van der Waals surface area contributed by atoms with Gasteiger partial charge in [0.2, 0.25) is 5.91 Å². The Morgan fingerprint density at radius 3 is 2.46 bits per heavy atom. The lowest BCUT2D eigenvalue weighted by Gasteiger charge is -2.44. The lowest BCUT2D eigenvalue weighted by molar-refractivity contribution is -0.148. The van der Waals surface area contributed by atoms with Crippen LogP contribution in [0.25, 0.3) is 0 Å². The van der Waals surface area contributed by atoms with E-state index < -0.39 is 5.54 Å². The molecule has 28 heavy (non-hydrogen) atoms. The summed E-state index contributed by atoms with van der Waals surface area (Å²) in [6, 6.07) is 15.7. The summed E-state index contributed by atoms with van der Waals surface area (Å²) in [6.45, 7) is 3.09. The normalized spacial score (nSPS) is 22.8. The van der Waals surface area contributed by atoms with Crippen LogP contribution < -0.4 is 4.74 Å². The van der Waals surface area contributed by atoms with Crippen LogP contribution in [0.1, 0.15) is 36.8 Å². The van der Waals surface area contributed by atoms with Gasteiger partial charge in [-0.3, -0.25) is 9.69 Å². The Bertz CT molecular complexity index is 839. The second-order valence-electron chi connectivity index (χ2n) is 7.88. The molecule has 5 nitrogen and oxygen atoms in total. The minimum Gasteiger partial charge on any atom is -0.504 e. The molecule has 2 fully saturated rings. The van der Waals surface area contributed by atoms with Crippen LogP contribution in [0.5, 0.6) is 11.5 Å². The third-order valence-electron chi connectivity index (χ3n) is 6.16. The molecule has 2 heterocycles. The van der Waals surface area contributed by atoms with E-state index in [-0.39, 0.29) is 11.7 Å². The fourth-order valence-corrected chi connectivity index (χ4v) is 4.76. The van der Waals surface area contributed by atoms with Crippen LogP contribution in [0.3, 0.4) is 0 Å². The van der Waals surface area contributed by atoms with Crippen LogP contribution in [-0.2, 0) is 17.9 Å². The molecule has 1 spiro atoms. The van der Waals surface area contributed by atoms with Crippen molar-refractivity contribution in [2.75, 3.05) is 20.2 Å². The first-order chi connectivity index (χ1) is 13.6. The Morgan fingerprint density at radius 1 is 1.00 bits per heavy atom. The summed E-state index contributed by atoms with van der Waals surface area (Å²) in [7, 11) is 1.55. The van der Waals surface area contributed by atoms with Crippen LogP contribution in [0.15, 0.2) is 48.5 Å². The van der Waals surface area contributed by atoms with Crippen molar-refractivity contribution in [1.29, 1.82) is 0 Å². The van der Waals surface area contributed by atoms with E-state index in [1.807, 2.05) is 29.2 Å². The number of likely N-dealkylation sites (tertiary alicyclic amines) is 2.